The van der Waals surface area contributed by atoms with Gasteiger partial charge in [-0.1, -0.05) is 11.6 Å². The number of aryl methyl sites for hydroxylation is 1. The van der Waals surface area contributed by atoms with E-state index in [0.29, 0.717) is 14.9 Å². The van der Waals surface area contributed by atoms with E-state index in [2.05, 4.69) is 9.97 Å². The topological polar surface area (TPSA) is 94.1 Å². The predicted octanol–water partition coefficient (Wildman–Crippen LogP) is 2.27. The average molecular weight is 366 g/mol. The highest BCUT2D eigenvalue weighted by Crippen LogP contribution is 2.31. The molecule has 0 fully saturated rings. The summed E-state index contributed by atoms with van der Waals surface area (Å²) in [5, 5.41) is 0.0229. The Balaban J connectivity index is 2.48. The normalized spacial score (nSPS) is 11.0. The molecule has 0 saturated carbocycles. The summed E-state index contributed by atoms with van der Waals surface area (Å²) in [6.07, 6.45) is 0. The van der Waals surface area contributed by atoms with Crippen LogP contribution in [0.3, 0.4) is 0 Å². The SMILES string of the molecule is CCn1c(=O)[nH]c(=O)c2c(C(=O)OC)cc(-c3ccc(Cl)s3)nc21. The maximum absolute atomic E-state index is 12.2. The summed E-state index contributed by atoms with van der Waals surface area (Å²) in [6, 6.07) is 4.93. The van der Waals surface area contributed by atoms with E-state index >= 15 is 0 Å². The molecule has 0 aliphatic carbocycles. The van der Waals surface area contributed by atoms with Gasteiger partial charge in [0.05, 0.1) is 33.0 Å². The van der Waals surface area contributed by atoms with Crippen LogP contribution in [0.4, 0.5) is 0 Å². The van der Waals surface area contributed by atoms with Gasteiger partial charge < -0.3 is 4.74 Å². The van der Waals surface area contributed by atoms with Crippen molar-refractivity contribution in [1.82, 2.24) is 14.5 Å². The lowest BCUT2D eigenvalue weighted by Crippen LogP contribution is -2.31. The molecule has 124 valence electrons. The van der Waals surface area contributed by atoms with Gasteiger partial charge in [0, 0.05) is 6.54 Å². The molecule has 0 aliphatic rings. The summed E-state index contributed by atoms with van der Waals surface area (Å²) in [5.74, 6) is -0.682. The first-order valence-electron chi connectivity index (χ1n) is 6.98. The molecule has 9 heteroatoms. The molecule has 0 radical (unpaired) electrons. The first kappa shape index (κ1) is 16.4. The summed E-state index contributed by atoms with van der Waals surface area (Å²) < 4.78 is 6.62. The van der Waals surface area contributed by atoms with E-state index in [1.54, 1.807) is 19.1 Å². The number of halogens is 1. The zero-order chi connectivity index (χ0) is 17.4. The molecule has 0 spiro atoms. The van der Waals surface area contributed by atoms with Crippen molar-refractivity contribution in [3.8, 4) is 10.6 Å². The molecule has 3 heterocycles. The number of aromatic amines is 1. The molecule has 0 saturated heterocycles. The number of nitrogens with one attached hydrogen (secondary N) is 1. The third kappa shape index (κ3) is 2.63. The number of thiophene rings is 1. The molecule has 24 heavy (non-hydrogen) atoms. The van der Waals surface area contributed by atoms with Crippen LogP contribution in [0, 0.1) is 0 Å². The van der Waals surface area contributed by atoms with Crippen molar-refractivity contribution in [1.29, 1.82) is 0 Å². The van der Waals surface area contributed by atoms with Crippen molar-refractivity contribution in [2.75, 3.05) is 7.11 Å². The minimum absolute atomic E-state index is 0.0229. The van der Waals surface area contributed by atoms with Gasteiger partial charge in [0.2, 0.25) is 0 Å². The third-order valence-electron chi connectivity index (χ3n) is 3.50. The van der Waals surface area contributed by atoms with Gasteiger partial charge in [-0.3, -0.25) is 14.3 Å². The Hall–Kier alpha value is -2.45. The van der Waals surface area contributed by atoms with Gasteiger partial charge in [-0.25, -0.2) is 14.6 Å². The zero-order valence-corrected chi connectivity index (χ0v) is 14.3. The van der Waals surface area contributed by atoms with Gasteiger partial charge >= 0.3 is 11.7 Å². The Morgan fingerprint density at radius 2 is 2.17 bits per heavy atom. The number of carbonyl (C=O) groups is 1. The Labute approximate surface area is 144 Å². The average Bonchev–Trinajstić information content (AvgIpc) is 2.99. The molecule has 0 unspecified atom stereocenters. The van der Waals surface area contributed by atoms with Crippen molar-refractivity contribution < 1.29 is 9.53 Å². The second-order valence-electron chi connectivity index (χ2n) is 4.85. The molecular formula is C15H12ClN3O4S. The quantitative estimate of drug-likeness (QED) is 0.718. The van der Waals surface area contributed by atoms with Gasteiger partial charge in [-0.15, -0.1) is 11.3 Å². The number of carbonyl (C=O) groups excluding carboxylic acids is 1. The summed E-state index contributed by atoms with van der Waals surface area (Å²) >= 11 is 7.23. The molecule has 7 nitrogen and oxygen atoms in total. The number of methoxy groups -OCH3 is 1. The summed E-state index contributed by atoms with van der Waals surface area (Å²) in [5.41, 5.74) is -0.644. The van der Waals surface area contributed by atoms with Gasteiger partial charge in [-0.05, 0) is 25.1 Å². The van der Waals surface area contributed by atoms with E-state index < -0.39 is 17.2 Å². The second-order valence-corrected chi connectivity index (χ2v) is 6.57. The van der Waals surface area contributed by atoms with Crippen LogP contribution in [0.5, 0.6) is 0 Å². The van der Waals surface area contributed by atoms with Gasteiger partial charge in [0.25, 0.3) is 5.56 Å². The summed E-state index contributed by atoms with van der Waals surface area (Å²) in [6.45, 7) is 2.03. The number of ether oxygens (including phenoxy) is 1. The smallest absolute Gasteiger partial charge is 0.338 e. The van der Waals surface area contributed by atoms with Crippen molar-refractivity contribution in [2.24, 2.45) is 0 Å². The van der Waals surface area contributed by atoms with E-state index in [4.69, 9.17) is 16.3 Å². The van der Waals surface area contributed by atoms with Crippen LogP contribution < -0.4 is 11.2 Å². The number of rotatable bonds is 3. The van der Waals surface area contributed by atoms with Gasteiger partial charge in [0.15, 0.2) is 5.65 Å². The molecule has 3 rings (SSSR count). The fraction of sp³-hybridized carbons (Fsp3) is 0.200. The van der Waals surface area contributed by atoms with Crippen LogP contribution in [-0.2, 0) is 11.3 Å². The number of hydrogen-bond donors (Lipinski definition) is 1. The molecule has 0 aromatic carbocycles. The molecule has 0 atom stereocenters. The predicted molar refractivity (Wildman–Crippen MR) is 92.0 cm³/mol. The van der Waals surface area contributed by atoms with Crippen molar-refractivity contribution in [2.45, 2.75) is 13.5 Å². The maximum atomic E-state index is 12.2. The Morgan fingerprint density at radius 3 is 2.75 bits per heavy atom. The number of fused-ring (bicyclic) bond motifs is 1. The van der Waals surface area contributed by atoms with Gasteiger partial charge in [0.1, 0.15) is 0 Å². The van der Waals surface area contributed by atoms with Crippen molar-refractivity contribution in [3.05, 3.63) is 48.9 Å². The highest BCUT2D eigenvalue weighted by Gasteiger charge is 2.20. The van der Waals surface area contributed by atoms with Crippen LogP contribution in [0.2, 0.25) is 4.34 Å². The number of esters is 1. The van der Waals surface area contributed by atoms with E-state index in [1.165, 1.54) is 29.1 Å². The lowest BCUT2D eigenvalue weighted by Gasteiger charge is -2.10. The Bertz CT molecular complexity index is 1070. The van der Waals surface area contributed by atoms with E-state index in [9.17, 15) is 14.4 Å². The minimum atomic E-state index is -0.682. The van der Waals surface area contributed by atoms with Gasteiger partial charge in [-0.2, -0.15) is 0 Å². The highest BCUT2D eigenvalue weighted by atomic mass is 35.5. The molecule has 3 aromatic heterocycles. The highest BCUT2D eigenvalue weighted by molar-refractivity contribution is 7.19. The second kappa shape index (κ2) is 6.21. The molecule has 3 aromatic rings. The largest absolute Gasteiger partial charge is 0.465 e. The fourth-order valence-corrected chi connectivity index (χ4v) is 3.42. The molecule has 1 N–H and O–H groups in total. The van der Waals surface area contributed by atoms with Crippen molar-refractivity contribution >= 4 is 39.9 Å². The monoisotopic (exact) mass is 365 g/mol. The first-order valence-corrected chi connectivity index (χ1v) is 8.17. The number of H-pyrrole nitrogens is 1. The van der Waals surface area contributed by atoms with E-state index in [1.807, 2.05) is 0 Å². The number of pyridine rings is 1. The number of aromatic nitrogens is 3. The zero-order valence-electron chi connectivity index (χ0n) is 12.8. The van der Waals surface area contributed by atoms with Crippen LogP contribution in [-0.4, -0.2) is 27.6 Å². The molecule has 0 amide bonds. The summed E-state index contributed by atoms with van der Waals surface area (Å²) in [4.78, 5) is 43.7. The standard InChI is InChI=1S/C15H12ClN3O4S/c1-3-19-12-11(13(20)18-15(19)22)7(14(21)23-2)6-8(17-12)9-4-5-10(16)24-9/h4-6H,3H2,1-2H3,(H,18,20,22). The first-order chi connectivity index (χ1) is 11.5. The summed E-state index contributed by atoms with van der Waals surface area (Å²) in [7, 11) is 1.22. The lowest BCUT2D eigenvalue weighted by atomic mass is 10.1. The van der Waals surface area contributed by atoms with E-state index in [0.717, 1.165) is 0 Å². The number of nitrogens with zero attached hydrogens (tertiary/aromatic N) is 2. The van der Waals surface area contributed by atoms with E-state index in [-0.39, 0.29) is 23.1 Å². The minimum Gasteiger partial charge on any atom is -0.465 e. The molecular weight excluding hydrogens is 354 g/mol. The third-order valence-corrected chi connectivity index (χ3v) is 4.75. The lowest BCUT2D eigenvalue weighted by molar-refractivity contribution is 0.0603. The maximum Gasteiger partial charge on any atom is 0.338 e. The van der Waals surface area contributed by atoms with Crippen LogP contribution in [0.1, 0.15) is 17.3 Å². The van der Waals surface area contributed by atoms with Crippen LogP contribution in [0.15, 0.2) is 27.8 Å². The molecule has 0 bridgehead atoms. The fourth-order valence-electron chi connectivity index (χ4n) is 2.42. The number of hydrogen-bond acceptors (Lipinski definition) is 6. The Morgan fingerprint density at radius 1 is 1.42 bits per heavy atom. The van der Waals surface area contributed by atoms with Crippen LogP contribution >= 0.6 is 22.9 Å². The van der Waals surface area contributed by atoms with Crippen molar-refractivity contribution in [3.63, 3.8) is 0 Å². The Kier molecular flexibility index (Phi) is 4.25. The van der Waals surface area contributed by atoms with Crippen LogP contribution in [0.25, 0.3) is 21.6 Å². The molecule has 0 aliphatic heterocycles.